The number of hydrogen-bond acceptors (Lipinski definition) is 5. The summed E-state index contributed by atoms with van der Waals surface area (Å²) in [7, 11) is 2.15. The Hall–Kier alpha value is -1.67. The summed E-state index contributed by atoms with van der Waals surface area (Å²) in [5, 5.41) is 4.09. The van der Waals surface area contributed by atoms with Gasteiger partial charge in [-0.25, -0.2) is 0 Å². The Morgan fingerprint density at radius 1 is 1.18 bits per heavy atom. The first-order valence-electron chi connectivity index (χ1n) is 12.3. The Labute approximate surface area is 201 Å². The maximum atomic E-state index is 13.3. The summed E-state index contributed by atoms with van der Waals surface area (Å²) in [4.78, 5) is 33.3. The van der Waals surface area contributed by atoms with Gasteiger partial charge >= 0.3 is 0 Å². The van der Waals surface area contributed by atoms with Gasteiger partial charge in [-0.3, -0.25) is 19.4 Å². The number of likely N-dealkylation sites (tertiary alicyclic amines) is 1. The van der Waals surface area contributed by atoms with Crippen LogP contribution in [-0.4, -0.2) is 90.1 Å². The zero-order valence-corrected chi connectivity index (χ0v) is 20.2. The Morgan fingerprint density at radius 2 is 1.94 bits per heavy atom. The number of benzene rings is 1. The molecule has 1 aromatic carbocycles. The van der Waals surface area contributed by atoms with Gasteiger partial charge in [-0.15, -0.1) is 0 Å². The lowest BCUT2D eigenvalue weighted by molar-refractivity contribution is -0.135. The third kappa shape index (κ3) is 4.92. The van der Waals surface area contributed by atoms with Crippen molar-refractivity contribution in [3.05, 3.63) is 34.9 Å². The van der Waals surface area contributed by atoms with Crippen LogP contribution in [0.3, 0.4) is 0 Å². The molecule has 0 radical (unpaired) electrons. The Morgan fingerprint density at radius 3 is 2.67 bits per heavy atom. The Kier molecular flexibility index (Phi) is 6.67. The molecule has 0 aromatic heterocycles. The summed E-state index contributed by atoms with van der Waals surface area (Å²) in [5.41, 5.74) is 0.783. The molecular weight excluding hydrogens is 440 g/mol. The molecule has 4 saturated heterocycles. The van der Waals surface area contributed by atoms with Gasteiger partial charge in [0.05, 0.1) is 12.0 Å². The molecule has 0 saturated carbocycles. The summed E-state index contributed by atoms with van der Waals surface area (Å²) >= 11 is 6.13. The zero-order valence-electron chi connectivity index (χ0n) is 19.5. The van der Waals surface area contributed by atoms with Gasteiger partial charge in [-0.05, 0) is 56.8 Å². The molecule has 4 fully saturated rings. The van der Waals surface area contributed by atoms with Crippen molar-refractivity contribution in [2.45, 2.75) is 68.7 Å². The highest BCUT2D eigenvalue weighted by Crippen LogP contribution is 2.34. The molecule has 1 aromatic rings. The van der Waals surface area contributed by atoms with Crippen LogP contribution in [0.25, 0.3) is 0 Å². The lowest BCUT2D eigenvalue weighted by Crippen LogP contribution is -2.56. The second-order valence-corrected chi connectivity index (χ2v) is 10.7. The second-order valence-electron chi connectivity index (χ2n) is 10.3. The van der Waals surface area contributed by atoms with E-state index in [0.29, 0.717) is 19.0 Å². The minimum absolute atomic E-state index is 0.0343. The van der Waals surface area contributed by atoms with Crippen LogP contribution in [0.1, 0.15) is 44.1 Å². The normalized spacial score (nSPS) is 28.8. The predicted octanol–water partition coefficient (Wildman–Crippen LogP) is 2.27. The number of amides is 2. The van der Waals surface area contributed by atoms with Crippen LogP contribution in [0.4, 0.5) is 0 Å². The molecule has 180 valence electrons. The van der Waals surface area contributed by atoms with Crippen LogP contribution in [0, 0.1) is 0 Å². The van der Waals surface area contributed by atoms with E-state index in [4.69, 9.17) is 16.3 Å². The van der Waals surface area contributed by atoms with Gasteiger partial charge in [-0.2, -0.15) is 0 Å². The maximum Gasteiger partial charge on any atom is 0.243 e. The first kappa shape index (κ1) is 23.1. The van der Waals surface area contributed by atoms with Crippen molar-refractivity contribution in [3.8, 4) is 0 Å². The third-order valence-electron chi connectivity index (χ3n) is 8.23. The average molecular weight is 475 g/mol. The van der Waals surface area contributed by atoms with E-state index in [1.165, 1.54) is 5.56 Å². The van der Waals surface area contributed by atoms with Crippen molar-refractivity contribution >= 4 is 23.4 Å². The number of hydrogen-bond donors (Lipinski definition) is 1. The number of fused-ring (bicyclic) bond motifs is 1. The van der Waals surface area contributed by atoms with Gasteiger partial charge < -0.3 is 15.0 Å². The number of carbonyl (C=O) groups is 2. The van der Waals surface area contributed by atoms with Crippen LogP contribution in [0.5, 0.6) is 0 Å². The second kappa shape index (κ2) is 9.53. The van der Waals surface area contributed by atoms with Gasteiger partial charge in [0.25, 0.3) is 0 Å². The van der Waals surface area contributed by atoms with Gasteiger partial charge in [0.2, 0.25) is 11.8 Å². The number of halogens is 1. The van der Waals surface area contributed by atoms with Crippen molar-refractivity contribution in [2.24, 2.45) is 0 Å². The van der Waals surface area contributed by atoms with E-state index in [1.807, 2.05) is 23.1 Å². The number of ether oxygens (including phenoxy) is 1. The zero-order chi connectivity index (χ0) is 23.0. The molecule has 0 unspecified atom stereocenters. The average Bonchev–Trinajstić information content (AvgIpc) is 3.23. The van der Waals surface area contributed by atoms with Crippen molar-refractivity contribution < 1.29 is 14.3 Å². The maximum absolute atomic E-state index is 13.3. The van der Waals surface area contributed by atoms with Crippen LogP contribution < -0.4 is 5.32 Å². The SMILES string of the molecule is CN(C1CCOCC1)[C@H]1C[C@H]2C(=O)NC3(CCN(Cc4cccc(Cl)c4)CC3)CC(=O)N2C1. The number of nitrogens with zero attached hydrogens (tertiary/aromatic N) is 3. The monoisotopic (exact) mass is 474 g/mol. The van der Waals surface area contributed by atoms with Crippen LogP contribution in [0.2, 0.25) is 5.02 Å². The number of rotatable bonds is 4. The highest BCUT2D eigenvalue weighted by atomic mass is 35.5. The molecule has 0 aliphatic carbocycles. The lowest BCUT2D eigenvalue weighted by atomic mass is 9.84. The molecular formula is C25H35ClN4O3. The van der Waals surface area contributed by atoms with E-state index < -0.39 is 5.54 Å². The molecule has 8 heteroatoms. The topological polar surface area (TPSA) is 65.1 Å². The molecule has 4 aliphatic heterocycles. The van der Waals surface area contributed by atoms with Gasteiger partial charge in [-0.1, -0.05) is 23.7 Å². The molecule has 33 heavy (non-hydrogen) atoms. The molecule has 7 nitrogen and oxygen atoms in total. The number of nitrogens with one attached hydrogen (secondary N) is 1. The van der Waals surface area contributed by atoms with Crippen LogP contribution in [0.15, 0.2) is 24.3 Å². The molecule has 4 heterocycles. The fourth-order valence-corrected chi connectivity index (χ4v) is 6.35. The van der Waals surface area contributed by atoms with Crippen LogP contribution in [-0.2, 0) is 20.9 Å². The number of carbonyl (C=O) groups excluding carboxylic acids is 2. The summed E-state index contributed by atoms with van der Waals surface area (Å²) in [5.74, 6) is 0.163. The minimum atomic E-state index is -0.411. The first-order valence-corrected chi connectivity index (χ1v) is 12.7. The highest BCUT2D eigenvalue weighted by molar-refractivity contribution is 6.30. The first-order chi connectivity index (χ1) is 15.9. The molecule has 0 bridgehead atoms. The highest BCUT2D eigenvalue weighted by Gasteiger charge is 2.49. The Bertz CT molecular complexity index is 854. The van der Waals surface area contributed by atoms with E-state index in [2.05, 4.69) is 28.2 Å². The standard InChI is InChI=1S/C25H35ClN4O3/c1-28(20-5-11-33-12-6-20)21-14-22-24(32)27-25(15-23(31)30(22)17-21)7-9-29(10-8-25)16-18-3-2-4-19(26)13-18/h2-4,13,20-22H,5-12,14-17H2,1H3,(H,27,32)/t21-,22-/m0/s1. The van der Waals surface area contributed by atoms with Crippen molar-refractivity contribution in [3.63, 3.8) is 0 Å². The smallest absolute Gasteiger partial charge is 0.243 e. The minimum Gasteiger partial charge on any atom is -0.381 e. The van der Waals surface area contributed by atoms with Gasteiger partial charge in [0.15, 0.2) is 0 Å². The lowest BCUT2D eigenvalue weighted by Gasteiger charge is -2.41. The molecule has 2 amide bonds. The van der Waals surface area contributed by atoms with Crippen LogP contribution >= 0.6 is 11.6 Å². The summed E-state index contributed by atoms with van der Waals surface area (Å²) in [6, 6.07) is 8.34. The van der Waals surface area contributed by atoms with Crippen molar-refractivity contribution in [2.75, 3.05) is 39.9 Å². The van der Waals surface area contributed by atoms with Crippen molar-refractivity contribution in [1.29, 1.82) is 0 Å². The number of piperidine rings is 1. The molecule has 1 spiro atoms. The molecule has 1 N–H and O–H groups in total. The summed E-state index contributed by atoms with van der Waals surface area (Å²) in [6.45, 7) is 4.81. The van der Waals surface area contributed by atoms with E-state index in [1.54, 1.807) is 0 Å². The summed E-state index contributed by atoms with van der Waals surface area (Å²) in [6.07, 6.45) is 4.78. The van der Waals surface area contributed by atoms with E-state index in [0.717, 1.165) is 70.0 Å². The fourth-order valence-electron chi connectivity index (χ4n) is 6.14. The predicted molar refractivity (Wildman–Crippen MR) is 127 cm³/mol. The molecule has 2 atom stereocenters. The molecule has 4 aliphatic rings. The quantitative estimate of drug-likeness (QED) is 0.725. The molecule has 5 rings (SSSR count). The summed E-state index contributed by atoms with van der Waals surface area (Å²) < 4.78 is 5.50. The van der Waals surface area contributed by atoms with E-state index >= 15 is 0 Å². The van der Waals surface area contributed by atoms with Crippen molar-refractivity contribution in [1.82, 2.24) is 20.0 Å². The fraction of sp³-hybridized carbons (Fsp3) is 0.680. The van der Waals surface area contributed by atoms with E-state index in [-0.39, 0.29) is 23.9 Å². The largest absolute Gasteiger partial charge is 0.381 e. The Balaban J connectivity index is 1.20. The third-order valence-corrected chi connectivity index (χ3v) is 8.47. The van der Waals surface area contributed by atoms with Gasteiger partial charge in [0.1, 0.15) is 6.04 Å². The van der Waals surface area contributed by atoms with Gasteiger partial charge in [0, 0.05) is 56.5 Å². The number of likely N-dealkylation sites (N-methyl/N-ethyl adjacent to an activating group) is 1. The van der Waals surface area contributed by atoms with E-state index in [9.17, 15) is 9.59 Å².